The van der Waals surface area contributed by atoms with E-state index in [1.165, 1.54) is 16.7 Å². The van der Waals surface area contributed by atoms with Gasteiger partial charge in [-0.15, -0.1) is 0 Å². The minimum atomic E-state index is -0.897. The van der Waals surface area contributed by atoms with Gasteiger partial charge in [-0.25, -0.2) is 4.39 Å². The molecule has 0 saturated heterocycles. The quantitative estimate of drug-likeness (QED) is 0.429. The topological polar surface area (TPSA) is 122 Å². The van der Waals surface area contributed by atoms with Crippen LogP contribution in [0, 0.1) is 31.0 Å². The van der Waals surface area contributed by atoms with Crippen molar-refractivity contribution in [2.45, 2.75) is 33.2 Å². The molecule has 0 atom stereocenters. The Morgan fingerprint density at radius 3 is 2.41 bits per heavy atom. The number of ketones is 1. The number of Topliss-reactive ketones (excluding diaryl/α,β-unsaturated/α-hetero) is 1. The third kappa shape index (κ3) is 4.45. The van der Waals surface area contributed by atoms with Crippen LogP contribution in [0.4, 0.5) is 10.1 Å². The SMILES string of the molecule is Cc1c(C(=O)C(=O)NC(C)(C)c2ccn(C)n2)c(C)n(C)c1C(=O)Nc1ccc(F)c(C#N)c1. The van der Waals surface area contributed by atoms with E-state index in [0.29, 0.717) is 17.0 Å². The average Bonchev–Trinajstić information content (AvgIpc) is 3.30. The molecular formula is C24H25FN6O3. The first-order valence-electron chi connectivity index (χ1n) is 10.4. The Morgan fingerprint density at radius 2 is 1.82 bits per heavy atom. The van der Waals surface area contributed by atoms with E-state index in [2.05, 4.69) is 15.7 Å². The second-order valence-corrected chi connectivity index (χ2v) is 8.54. The molecule has 0 spiro atoms. The first-order valence-corrected chi connectivity index (χ1v) is 10.4. The molecule has 0 aliphatic heterocycles. The number of aryl methyl sites for hydroxylation is 1. The van der Waals surface area contributed by atoms with Gasteiger partial charge in [0.1, 0.15) is 17.6 Å². The highest BCUT2D eigenvalue weighted by molar-refractivity contribution is 6.43. The minimum absolute atomic E-state index is 0.124. The van der Waals surface area contributed by atoms with E-state index >= 15 is 0 Å². The fraction of sp³-hybridized carbons (Fsp3) is 0.292. The Labute approximate surface area is 196 Å². The standard InChI is InChI=1S/C24H25FN6O3/c1-13-19(21(32)23(34)28-24(3,4)18-9-10-30(5)29-18)14(2)31(6)20(13)22(33)27-16-7-8-17(25)15(11-16)12-26/h7-11H,1-6H3,(H,27,33)(H,28,34). The van der Waals surface area contributed by atoms with Gasteiger partial charge in [-0.2, -0.15) is 10.4 Å². The molecule has 176 valence electrons. The second-order valence-electron chi connectivity index (χ2n) is 8.54. The van der Waals surface area contributed by atoms with Crippen molar-refractivity contribution in [2.75, 3.05) is 5.32 Å². The number of nitriles is 1. The van der Waals surface area contributed by atoms with Crippen LogP contribution in [0.15, 0.2) is 30.5 Å². The van der Waals surface area contributed by atoms with Crippen molar-refractivity contribution in [3.05, 3.63) is 70.1 Å². The number of aromatic nitrogens is 3. The largest absolute Gasteiger partial charge is 0.343 e. The highest BCUT2D eigenvalue weighted by Gasteiger charge is 2.33. The van der Waals surface area contributed by atoms with E-state index < -0.39 is 29.0 Å². The van der Waals surface area contributed by atoms with Gasteiger partial charge in [0.2, 0.25) is 0 Å². The lowest BCUT2D eigenvalue weighted by Crippen LogP contribution is -2.45. The number of rotatable bonds is 6. The molecule has 0 unspecified atom stereocenters. The maximum atomic E-state index is 13.6. The van der Waals surface area contributed by atoms with Crippen molar-refractivity contribution < 1.29 is 18.8 Å². The van der Waals surface area contributed by atoms with Crippen molar-refractivity contribution in [1.29, 1.82) is 5.26 Å². The summed E-state index contributed by atoms with van der Waals surface area (Å²) in [6, 6.07) is 7.10. The average molecular weight is 465 g/mol. The van der Waals surface area contributed by atoms with Gasteiger partial charge in [0.25, 0.3) is 17.6 Å². The van der Waals surface area contributed by atoms with Crippen LogP contribution in [0.25, 0.3) is 0 Å². The Kier molecular flexibility index (Phi) is 6.41. The van der Waals surface area contributed by atoms with E-state index in [1.807, 2.05) is 0 Å². The fourth-order valence-electron chi connectivity index (χ4n) is 3.78. The zero-order valence-corrected chi connectivity index (χ0v) is 19.8. The minimum Gasteiger partial charge on any atom is -0.343 e. The van der Waals surface area contributed by atoms with E-state index in [-0.39, 0.29) is 22.5 Å². The number of carbonyl (C=O) groups excluding carboxylic acids is 3. The molecule has 0 aliphatic carbocycles. The summed E-state index contributed by atoms with van der Waals surface area (Å²) in [6.45, 7) is 6.70. The lowest BCUT2D eigenvalue weighted by atomic mass is 9.99. The normalized spacial score (nSPS) is 11.1. The van der Waals surface area contributed by atoms with Crippen LogP contribution in [0.2, 0.25) is 0 Å². The van der Waals surface area contributed by atoms with Crippen LogP contribution < -0.4 is 10.6 Å². The van der Waals surface area contributed by atoms with Crippen LogP contribution in [-0.2, 0) is 24.4 Å². The van der Waals surface area contributed by atoms with Crippen molar-refractivity contribution in [1.82, 2.24) is 19.7 Å². The molecule has 3 rings (SSSR count). The molecule has 34 heavy (non-hydrogen) atoms. The third-order valence-corrected chi connectivity index (χ3v) is 5.70. The predicted molar refractivity (Wildman–Crippen MR) is 123 cm³/mol. The molecule has 2 heterocycles. The molecule has 3 aromatic rings. The van der Waals surface area contributed by atoms with Crippen LogP contribution in [0.1, 0.15) is 57.2 Å². The maximum Gasteiger partial charge on any atom is 0.293 e. The fourth-order valence-corrected chi connectivity index (χ4v) is 3.78. The van der Waals surface area contributed by atoms with Gasteiger partial charge < -0.3 is 15.2 Å². The van der Waals surface area contributed by atoms with Gasteiger partial charge in [0, 0.05) is 31.7 Å². The molecule has 0 bridgehead atoms. The molecule has 1 aromatic carbocycles. The summed E-state index contributed by atoms with van der Waals surface area (Å²) in [5.74, 6) is -2.86. The van der Waals surface area contributed by atoms with E-state index in [9.17, 15) is 18.8 Å². The van der Waals surface area contributed by atoms with E-state index in [0.717, 1.165) is 6.07 Å². The van der Waals surface area contributed by atoms with Gasteiger partial charge in [-0.1, -0.05) is 0 Å². The number of halogens is 1. The van der Waals surface area contributed by atoms with Crippen molar-refractivity contribution in [2.24, 2.45) is 14.1 Å². The zero-order valence-electron chi connectivity index (χ0n) is 19.8. The number of hydrogen-bond acceptors (Lipinski definition) is 5. The van der Waals surface area contributed by atoms with E-state index in [1.54, 1.807) is 64.8 Å². The van der Waals surface area contributed by atoms with Crippen molar-refractivity contribution in [3.8, 4) is 6.07 Å². The number of nitrogens with one attached hydrogen (secondary N) is 2. The first kappa shape index (κ1) is 24.4. The summed E-state index contributed by atoms with van der Waals surface area (Å²) in [7, 11) is 3.36. The molecule has 2 amide bonds. The summed E-state index contributed by atoms with van der Waals surface area (Å²) >= 11 is 0. The summed E-state index contributed by atoms with van der Waals surface area (Å²) in [5, 5.41) is 18.6. The lowest BCUT2D eigenvalue weighted by Gasteiger charge is -2.23. The third-order valence-electron chi connectivity index (χ3n) is 5.70. The van der Waals surface area contributed by atoms with Gasteiger partial charge >= 0.3 is 0 Å². The molecule has 10 heteroatoms. The molecular weight excluding hydrogens is 439 g/mol. The highest BCUT2D eigenvalue weighted by atomic mass is 19.1. The number of carbonyl (C=O) groups is 3. The number of hydrogen-bond donors (Lipinski definition) is 2. The molecule has 2 aromatic heterocycles. The molecule has 0 fully saturated rings. The number of nitrogens with zero attached hydrogens (tertiary/aromatic N) is 4. The summed E-state index contributed by atoms with van der Waals surface area (Å²) in [5.41, 5.74) is 0.773. The molecule has 0 aliphatic rings. The molecule has 0 radical (unpaired) electrons. The highest BCUT2D eigenvalue weighted by Crippen LogP contribution is 2.25. The number of anilines is 1. The Hall–Kier alpha value is -4.26. The Balaban J connectivity index is 1.88. The number of amides is 2. The van der Waals surface area contributed by atoms with Crippen molar-refractivity contribution in [3.63, 3.8) is 0 Å². The first-order chi connectivity index (χ1) is 15.9. The lowest BCUT2D eigenvalue weighted by molar-refractivity contribution is -0.118. The monoisotopic (exact) mass is 464 g/mol. The zero-order chi connectivity index (χ0) is 25.4. The summed E-state index contributed by atoms with van der Waals surface area (Å²) in [4.78, 5) is 38.9. The van der Waals surface area contributed by atoms with Crippen LogP contribution in [0.3, 0.4) is 0 Å². The Bertz CT molecular complexity index is 1360. The maximum absolute atomic E-state index is 13.6. The smallest absolute Gasteiger partial charge is 0.293 e. The van der Waals surface area contributed by atoms with Gasteiger partial charge in [0.05, 0.1) is 22.4 Å². The van der Waals surface area contributed by atoms with Crippen LogP contribution in [0.5, 0.6) is 0 Å². The van der Waals surface area contributed by atoms with Crippen LogP contribution in [-0.4, -0.2) is 31.9 Å². The second kappa shape index (κ2) is 8.94. The number of benzene rings is 1. The summed E-state index contributed by atoms with van der Waals surface area (Å²) < 4.78 is 16.7. The van der Waals surface area contributed by atoms with Gasteiger partial charge in [0.15, 0.2) is 0 Å². The van der Waals surface area contributed by atoms with E-state index in [4.69, 9.17) is 5.26 Å². The Morgan fingerprint density at radius 1 is 1.15 bits per heavy atom. The summed E-state index contributed by atoms with van der Waals surface area (Å²) in [6.07, 6.45) is 1.74. The molecule has 2 N–H and O–H groups in total. The van der Waals surface area contributed by atoms with Crippen LogP contribution >= 0.6 is 0 Å². The molecule has 0 saturated carbocycles. The van der Waals surface area contributed by atoms with Gasteiger partial charge in [-0.05, 0) is 57.5 Å². The van der Waals surface area contributed by atoms with Gasteiger partial charge in [-0.3, -0.25) is 19.1 Å². The predicted octanol–water partition coefficient (Wildman–Crippen LogP) is 2.87. The molecule has 9 nitrogen and oxygen atoms in total. The van der Waals surface area contributed by atoms with Crippen molar-refractivity contribution >= 4 is 23.3 Å².